The highest BCUT2D eigenvalue weighted by molar-refractivity contribution is 5.76. The molecule has 0 amide bonds. The fourth-order valence-corrected chi connectivity index (χ4v) is 3.01. The Labute approximate surface area is 140 Å². The number of esters is 1. The summed E-state index contributed by atoms with van der Waals surface area (Å²) in [6.45, 7) is 6.43. The summed E-state index contributed by atoms with van der Waals surface area (Å²) >= 11 is 0. The topological polar surface area (TPSA) is 49.8 Å². The van der Waals surface area contributed by atoms with Crippen LogP contribution in [0, 0.1) is 0 Å². The van der Waals surface area contributed by atoms with Gasteiger partial charge in [-0.25, -0.2) is 4.79 Å². The number of hydrogen-bond acceptors (Lipinski definition) is 4. The highest BCUT2D eigenvalue weighted by atomic mass is 35.5. The third kappa shape index (κ3) is 4.22. The smallest absolute Gasteiger partial charge is 1.00 e. The first-order valence-corrected chi connectivity index (χ1v) is 7.47. The fourth-order valence-electron chi connectivity index (χ4n) is 3.01. The zero-order valence-corrected chi connectivity index (χ0v) is 14.4. The van der Waals surface area contributed by atoms with Crippen LogP contribution in [0.4, 0.5) is 0 Å². The number of carbonyl (C=O) groups is 1. The molecule has 2 rings (SSSR count). The van der Waals surface area contributed by atoms with Gasteiger partial charge in [0.1, 0.15) is 6.10 Å². The van der Waals surface area contributed by atoms with Gasteiger partial charge < -0.3 is 22.3 Å². The molecule has 1 N–H and O–H groups in total. The molecule has 1 aromatic carbocycles. The van der Waals surface area contributed by atoms with E-state index in [0.29, 0.717) is 11.6 Å². The van der Waals surface area contributed by atoms with Crippen molar-refractivity contribution in [2.45, 2.75) is 57.4 Å². The van der Waals surface area contributed by atoms with Crippen molar-refractivity contribution < 1.29 is 28.5 Å². The van der Waals surface area contributed by atoms with Crippen LogP contribution >= 0.6 is 0 Å². The molecule has 1 aliphatic rings. The lowest BCUT2D eigenvalue weighted by molar-refractivity contribution is -0.165. The summed E-state index contributed by atoms with van der Waals surface area (Å²) in [6.07, 6.45) is 0.232. The lowest BCUT2D eigenvalue weighted by atomic mass is 9.85. The summed E-state index contributed by atoms with van der Waals surface area (Å²) in [5, 5.41) is 10.1. The number of carbonyl (C=O) groups excluding carboxylic acids is 1. The highest BCUT2D eigenvalue weighted by Gasteiger charge is 2.38. The molecule has 1 saturated heterocycles. The Morgan fingerprint density at radius 2 is 2.00 bits per heavy atom. The van der Waals surface area contributed by atoms with E-state index in [0.717, 1.165) is 12.8 Å². The second-order valence-electron chi connectivity index (χ2n) is 6.58. The molecular weight excluding hydrogens is 302 g/mol. The van der Waals surface area contributed by atoms with Crippen LogP contribution in [0.2, 0.25) is 0 Å². The number of benzene rings is 1. The van der Waals surface area contributed by atoms with Gasteiger partial charge in [-0.15, -0.1) is 0 Å². The van der Waals surface area contributed by atoms with Crippen LogP contribution in [0.1, 0.15) is 46.7 Å². The summed E-state index contributed by atoms with van der Waals surface area (Å²) in [5.74, 6) is -0.557. The van der Waals surface area contributed by atoms with E-state index in [9.17, 15) is 9.90 Å². The number of aliphatic hydroxyl groups excluding tert-OH is 1. The second kappa shape index (κ2) is 7.44. The molecule has 124 valence electrons. The third-order valence-electron chi connectivity index (χ3n) is 4.57. The molecule has 22 heavy (non-hydrogen) atoms. The SMILES string of the molecule is CC1CC(OC(=O)C(O)c2ccccc2)CC(C)(C)N1C.[Cl-].[H+]. The molecule has 0 aromatic heterocycles. The first kappa shape index (κ1) is 18.9. The van der Waals surface area contributed by atoms with Crippen molar-refractivity contribution >= 4 is 5.97 Å². The van der Waals surface area contributed by atoms with Gasteiger partial charge in [-0.2, -0.15) is 0 Å². The number of piperidine rings is 1. The highest BCUT2D eigenvalue weighted by Crippen LogP contribution is 2.32. The van der Waals surface area contributed by atoms with Crippen LogP contribution in [-0.4, -0.2) is 40.7 Å². The maximum Gasteiger partial charge on any atom is 1.00 e. The van der Waals surface area contributed by atoms with Crippen molar-refractivity contribution in [3.8, 4) is 0 Å². The largest absolute Gasteiger partial charge is 1.00 e. The number of ether oxygens (including phenoxy) is 1. The number of nitrogens with zero attached hydrogens (tertiary/aromatic N) is 1. The zero-order valence-electron chi connectivity index (χ0n) is 14.6. The second-order valence-corrected chi connectivity index (χ2v) is 6.58. The molecule has 0 radical (unpaired) electrons. The molecule has 1 fully saturated rings. The first-order chi connectivity index (χ1) is 9.81. The van der Waals surface area contributed by atoms with Crippen LogP contribution in [-0.2, 0) is 9.53 Å². The van der Waals surface area contributed by atoms with Gasteiger partial charge in [0, 0.05) is 18.0 Å². The number of likely N-dealkylation sites (tertiary alicyclic amines) is 1. The van der Waals surface area contributed by atoms with Gasteiger partial charge in [-0.1, -0.05) is 30.3 Å². The van der Waals surface area contributed by atoms with Crippen molar-refractivity contribution in [3.05, 3.63) is 35.9 Å². The summed E-state index contributed by atoms with van der Waals surface area (Å²) in [5.41, 5.74) is 0.558. The molecule has 1 aromatic rings. The Morgan fingerprint density at radius 3 is 2.55 bits per heavy atom. The third-order valence-corrected chi connectivity index (χ3v) is 4.57. The molecule has 0 saturated carbocycles. The molecule has 1 aliphatic heterocycles. The van der Waals surface area contributed by atoms with Gasteiger partial charge in [-0.05, 0) is 39.8 Å². The number of halogens is 1. The van der Waals surface area contributed by atoms with Crippen LogP contribution in [0.25, 0.3) is 0 Å². The van der Waals surface area contributed by atoms with Crippen molar-refractivity contribution in [1.29, 1.82) is 0 Å². The van der Waals surface area contributed by atoms with Crippen molar-refractivity contribution in [2.24, 2.45) is 0 Å². The maximum absolute atomic E-state index is 12.1. The van der Waals surface area contributed by atoms with E-state index in [4.69, 9.17) is 4.74 Å². The first-order valence-electron chi connectivity index (χ1n) is 7.47. The normalized spacial score (nSPS) is 25.9. The van der Waals surface area contributed by atoms with Gasteiger partial charge in [0.25, 0.3) is 0 Å². The average molecular weight is 328 g/mol. The van der Waals surface area contributed by atoms with E-state index in [-0.39, 0.29) is 25.5 Å². The number of hydrogen-bond donors (Lipinski definition) is 1. The summed E-state index contributed by atoms with van der Waals surface area (Å²) in [7, 11) is 2.10. The summed E-state index contributed by atoms with van der Waals surface area (Å²) in [4.78, 5) is 14.4. The predicted molar refractivity (Wildman–Crippen MR) is 82.9 cm³/mol. The van der Waals surface area contributed by atoms with Crippen LogP contribution in [0.5, 0.6) is 0 Å². The Kier molecular flexibility index (Phi) is 6.41. The number of aliphatic hydroxyl groups is 1. The minimum absolute atomic E-state index is 0. The van der Waals surface area contributed by atoms with Crippen LogP contribution < -0.4 is 12.4 Å². The lowest BCUT2D eigenvalue weighted by Crippen LogP contribution is -3.00. The van der Waals surface area contributed by atoms with Gasteiger partial charge >= 0.3 is 7.40 Å². The van der Waals surface area contributed by atoms with E-state index < -0.39 is 12.1 Å². The molecule has 4 nitrogen and oxygen atoms in total. The molecular formula is C17H26ClNO3. The van der Waals surface area contributed by atoms with E-state index in [1.165, 1.54) is 0 Å². The van der Waals surface area contributed by atoms with Crippen LogP contribution in [0.15, 0.2) is 30.3 Å². The fraction of sp³-hybridized carbons (Fsp3) is 0.588. The Morgan fingerprint density at radius 1 is 1.41 bits per heavy atom. The van der Waals surface area contributed by atoms with E-state index in [1.54, 1.807) is 24.3 Å². The van der Waals surface area contributed by atoms with Gasteiger partial charge in [0.15, 0.2) is 6.10 Å². The molecule has 0 bridgehead atoms. The van der Waals surface area contributed by atoms with Crippen LogP contribution in [0.3, 0.4) is 0 Å². The zero-order chi connectivity index (χ0) is 15.6. The van der Waals surface area contributed by atoms with Crippen molar-refractivity contribution in [3.63, 3.8) is 0 Å². The monoisotopic (exact) mass is 327 g/mol. The standard InChI is InChI=1S/C17H25NO3.ClH/c1-12-10-14(11-17(2,3)18(12)4)21-16(20)15(19)13-8-6-5-7-9-13;/h5-9,12,14-15,19H,10-11H2,1-4H3;1H. The maximum atomic E-state index is 12.1. The summed E-state index contributed by atoms with van der Waals surface area (Å²) < 4.78 is 5.55. The minimum Gasteiger partial charge on any atom is -1.00 e. The Balaban J connectivity index is 0.00000242. The molecule has 3 atom stereocenters. The number of rotatable bonds is 3. The average Bonchev–Trinajstić information content (AvgIpc) is 2.44. The van der Waals surface area contributed by atoms with Crippen molar-refractivity contribution in [2.75, 3.05) is 7.05 Å². The molecule has 1 heterocycles. The Hall–Kier alpha value is -1.10. The summed E-state index contributed by atoms with van der Waals surface area (Å²) in [6, 6.07) is 9.25. The lowest BCUT2D eigenvalue weighted by Gasteiger charge is -2.47. The predicted octanol–water partition coefficient (Wildman–Crippen LogP) is -0.359. The van der Waals surface area contributed by atoms with Gasteiger partial charge in [0.2, 0.25) is 0 Å². The molecule has 5 heteroatoms. The Bertz CT molecular complexity index is 498. The molecule has 3 unspecified atom stereocenters. The molecule has 0 spiro atoms. The van der Waals surface area contributed by atoms with E-state index in [1.807, 2.05) is 6.07 Å². The van der Waals surface area contributed by atoms with Gasteiger partial charge in [-0.3, -0.25) is 4.90 Å². The minimum atomic E-state index is -1.20. The van der Waals surface area contributed by atoms with E-state index in [2.05, 4.69) is 32.7 Å². The van der Waals surface area contributed by atoms with E-state index >= 15 is 0 Å². The quantitative estimate of drug-likeness (QED) is 0.771. The molecule has 0 aliphatic carbocycles. The van der Waals surface area contributed by atoms with Gasteiger partial charge in [0.05, 0.1) is 0 Å². The van der Waals surface area contributed by atoms with Crippen molar-refractivity contribution in [1.82, 2.24) is 4.90 Å².